The number of fused-ring (bicyclic) bond motifs is 1. The van der Waals surface area contributed by atoms with Crippen molar-refractivity contribution in [2.75, 3.05) is 6.61 Å². The van der Waals surface area contributed by atoms with E-state index in [1.807, 2.05) is 30.4 Å². The van der Waals surface area contributed by atoms with E-state index < -0.39 is 12.1 Å². The van der Waals surface area contributed by atoms with Crippen molar-refractivity contribution in [1.82, 2.24) is 0 Å². The lowest BCUT2D eigenvalue weighted by atomic mass is 9.92. The summed E-state index contributed by atoms with van der Waals surface area (Å²) in [6, 6.07) is 5.56. The molecular weight excluding hydrogens is 380 g/mol. The summed E-state index contributed by atoms with van der Waals surface area (Å²) in [5.41, 5.74) is 1.72. The second-order valence-corrected chi connectivity index (χ2v) is 8.22. The summed E-state index contributed by atoms with van der Waals surface area (Å²) in [7, 11) is 0. The van der Waals surface area contributed by atoms with Gasteiger partial charge in [-0.1, -0.05) is 24.3 Å². The number of alkyl halides is 1. The molecule has 2 aliphatic carbocycles. The fraction of sp³-hybridized carbons (Fsp3) is 0.545. The van der Waals surface area contributed by atoms with Gasteiger partial charge in [0.15, 0.2) is 5.78 Å². The number of ketones is 1. The molecule has 2 N–H and O–H groups in total. The van der Waals surface area contributed by atoms with Crippen molar-refractivity contribution in [3.63, 3.8) is 0 Å². The zero-order valence-corrected chi connectivity index (χ0v) is 16.6. The van der Waals surface area contributed by atoms with Gasteiger partial charge in [0, 0.05) is 35.3 Å². The second-order valence-electron chi connectivity index (χ2n) is 7.66. The van der Waals surface area contributed by atoms with Crippen molar-refractivity contribution in [2.45, 2.75) is 56.4 Å². The SMILES string of the molecule is O=C(O)CCC/C=C\C[C@@H]1[C@@H](COc2cccc3c2CCC3=O)[C@H](O)C[C@@H]1Cl. The van der Waals surface area contributed by atoms with Crippen LogP contribution in [0.5, 0.6) is 5.75 Å². The molecule has 1 fully saturated rings. The molecule has 5 nitrogen and oxygen atoms in total. The predicted molar refractivity (Wildman–Crippen MR) is 107 cm³/mol. The number of hydrogen-bond acceptors (Lipinski definition) is 4. The van der Waals surface area contributed by atoms with Crippen LogP contribution in [0.3, 0.4) is 0 Å². The number of carbonyl (C=O) groups is 2. The number of aliphatic hydroxyl groups excluding tert-OH is 1. The molecule has 2 aliphatic rings. The van der Waals surface area contributed by atoms with Crippen molar-refractivity contribution in [3.05, 3.63) is 41.5 Å². The average molecular weight is 407 g/mol. The number of ether oxygens (including phenoxy) is 1. The largest absolute Gasteiger partial charge is 0.493 e. The lowest BCUT2D eigenvalue weighted by molar-refractivity contribution is -0.137. The Hall–Kier alpha value is -1.85. The smallest absolute Gasteiger partial charge is 0.303 e. The molecule has 0 aromatic heterocycles. The summed E-state index contributed by atoms with van der Waals surface area (Å²) >= 11 is 6.47. The maximum atomic E-state index is 11.9. The lowest BCUT2D eigenvalue weighted by Crippen LogP contribution is -2.27. The highest BCUT2D eigenvalue weighted by Gasteiger charge is 2.41. The number of halogens is 1. The Labute approximate surface area is 170 Å². The van der Waals surface area contributed by atoms with Gasteiger partial charge in [-0.15, -0.1) is 11.6 Å². The highest BCUT2D eigenvalue weighted by molar-refractivity contribution is 6.21. The molecule has 0 unspecified atom stereocenters. The Morgan fingerprint density at radius 2 is 2.07 bits per heavy atom. The van der Waals surface area contributed by atoms with Crippen LogP contribution in [0.4, 0.5) is 0 Å². The summed E-state index contributed by atoms with van der Waals surface area (Å²) in [6.07, 6.45) is 7.54. The number of carboxylic acid groups (broad SMARTS) is 1. The summed E-state index contributed by atoms with van der Waals surface area (Å²) in [4.78, 5) is 22.4. The van der Waals surface area contributed by atoms with Crippen LogP contribution in [0.1, 0.15) is 54.4 Å². The number of aliphatic hydroxyl groups is 1. The Kier molecular flexibility index (Phi) is 7.13. The number of carbonyl (C=O) groups excluding carboxylic acids is 1. The van der Waals surface area contributed by atoms with Crippen LogP contribution in [0, 0.1) is 11.8 Å². The van der Waals surface area contributed by atoms with Crippen molar-refractivity contribution in [2.24, 2.45) is 11.8 Å². The zero-order valence-electron chi connectivity index (χ0n) is 15.9. The normalized spacial score (nSPS) is 26.7. The van der Waals surface area contributed by atoms with Crippen molar-refractivity contribution >= 4 is 23.4 Å². The minimum atomic E-state index is -0.778. The van der Waals surface area contributed by atoms with Crippen LogP contribution < -0.4 is 4.74 Å². The first kappa shape index (κ1) is 20.9. The van der Waals surface area contributed by atoms with Gasteiger partial charge in [0.05, 0.1) is 12.7 Å². The average Bonchev–Trinajstić information content (AvgIpc) is 3.16. The number of aliphatic carboxylic acids is 1. The molecule has 1 aromatic carbocycles. The molecule has 28 heavy (non-hydrogen) atoms. The van der Waals surface area contributed by atoms with Crippen LogP contribution in [0.25, 0.3) is 0 Å². The monoisotopic (exact) mass is 406 g/mol. The maximum absolute atomic E-state index is 11.9. The Bertz CT molecular complexity index is 744. The molecule has 6 heteroatoms. The minimum absolute atomic E-state index is 0.0702. The molecule has 0 aliphatic heterocycles. The van der Waals surface area contributed by atoms with Crippen molar-refractivity contribution in [3.8, 4) is 5.75 Å². The van der Waals surface area contributed by atoms with Crippen LogP contribution in [0.2, 0.25) is 0 Å². The van der Waals surface area contributed by atoms with E-state index >= 15 is 0 Å². The predicted octanol–water partition coefficient (Wildman–Crippen LogP) is 4.00. The van der Waals surface area contributed by atoms with Crippen LogP contribution in [0.15, 0.2) is 30.4 Å². The maximum Gasteiger partial charge on any atom is 0.303 e. The third kappa shape index (κ3) is 4.95. The zero-order chi connectivity index (χ0) is 20.1. The van der Waals surface area contributed by atoms with E-state index in [1.165, 1.54) is 0 Å². The Balaban J connectivity index is 1.57. The lowest BCUT2D eigenvalue weighted by Gasteiger charge is -2.23. The summed E-state index contributed by atoms with van der Waals surface area (Å²) in [6.45, 7) is 0.368. The molecule has 0 heterocycles. The number of unbranched alkanes of at least 4 members (excludes halogenated alkanes) is 1. The van der Waals surface area contributed by atoms with Gasteiger partial charge < -0.3 is 14.9 Å². The molecule has 152 valence electrons. The van der Waals surface area contributed by atoms with E-state index in [0.717, 1.165) is 29.7 Å². The first-order valence-corrected chi connectivity index (χ1v) is 10.4. The number of carboxylic acids is 1. The van der Waals surface area contributed by atoms with E-state index in [2.05, 4.69) is 0 Å². The van der Waals surface area contributed by atoms with E-state index in [4.69, 9.17) is 21.4 Å². The van der Waals surface area contributed by atoms with Crippen molar-refractivity contribution < 1.29 is 24.5 Å². The highest BCUT2D eigenvalue weighted by Crippen LogP contribution is 2.39. The number of allylic oxidation sites excluding steroid dienone is 2. The van der Waals surface area contributed by atoms with Crippen molar-refractivity contribution in [1.29, 1.82) is 0 Å². The molecule has 0 radical (unpaired) electrons. The Morgan fingerprint density at radius 1 is 1.25 bits per heavy atom. The minimum Gasteiger partial charge on any atom is -0.493 e. The number of rotatable bonds is 9. The van der Waals surface area contributed by atoms with E-state index in [-0.39, 0.29) is 29.4 Å². The molecule has 0 amide bonds. The third-order valence-electron chi connectivity index (χ3n) is 5.78. The van der Waals surface area contributed by atoms with Gasteiger partial charge in [0.1, 0.15) is 5.75 Å². The topological polar surface area (TPSA) is 83.8 Å². The van der Waals surface area contributed by atoms with Gasteiger partial charge in [-0.2, -0.15) is 0 Å². The summed E-state index contributed by atoms with van der Waals surface area (Å²) in [5.74, 6) is 0.147. The molecule has 4 atom stereocenters. The summed E-state index contributed by atoms with van der Waals surface area (Å²) in [5, 5.41) is 19.0. The standard InChI is InChI=1S/C22H27ClO5/c23-18-12-20(25)17(14(18)6-3-1-2-4-9-22(26)27)13-28-21-8-5-7-15-16(21)10-11-19(15)24/h1,3,5,7-8,14,17-18,20,25H,2,4,6,9-13H2,(H,26,27)/b3-1-/t14-,17-,18+,20-/m1/s1. The van der Waals surface area contributed by atoms with Gasteiger partial charge in [-0.3, -0.25) is 9.59 Å². The van der Waals surface area contributed by atoms with E-state index in [1.54, 1.807) is 0 Å². The fourth-order valence-electron chi connectivity index (χ4n) is 4.21. The van der Waals surface area contributed by atoms with Crippen LogP contribution >= 0.6 is 11.6 Å². The van der Waals surface area contributed by atoms with Gasteiger partial charge in [0.25, 0.3) is 0 Å². The number of benzene rings is 1. The molecule has 0 spiro atoms. The molecule has 0 bridgehead atoms. The van der Waals surface area contributed by atoms with Gasteiger partial charge in [-0.25, -0.2) is 0 Å². The van der Waals surface area contributed by atoms with E-state index in [9.17, 15) is 14.7 Å². The second kappa shape index (κ2) is 9.57. The number of Topliss-reactive ketones (excluding diaryl/α,β-unsaturated/α-hetero) is 1. The molecule has 0 saturated heterocycles. The summed E-state index contributed by atoms with van der Waals surface area (Å²) < 4.78 is 6.04. The molecular formula is C22H27ClO5. The van der Waals surface area contributed by atoms with Gasteiger partial charge in [0.2, 0.25) is 0 Å². The van der Waals surface area contributed by atoms with Gasteiger partial charge in [-0.05, 0) is 44.1 Å². The van der Waals surface area contributed by atoms with Crippen LogP contribution in [-0.2, 0) is 11.2 Å². The quantitative estimate of drug-likeness (QED) is 0.368. The molecule has 3 rings (SSSR count). The first-order chi connectivity index (χ1) is 13.5. The Morgan fingerprint density at radius 3 is 2.86 bits per heavy atom. The number of hydrogen-bond donors (Lipinski definition) is 2. The first-order valence-electron chi connectivity index (χ1n) is 9.94. The van der Waals surface area contributed by atoms with Gasteiger partial charge >= 0.3 is 5.97 Å². The fourth-order valence-corrected chi connectivity index (χ4v) is 4.68. The molecule has 1 saturated carbocycles. The third-order valence-corrected chi connectivity index (χ3v) is 6.28. The highest BCUT2D eigenvalue weighted by atomic mass is 35.5. The van der Waals surface area contributed by atoms with Crippen LogP contribution in [-0.4, -0.2) is 40.1 Å². The molecule has 1 aromatic rings. The van der Waals surface area contributed by atoms with E-state index in [0.29, 0.717) is 32.3 Å².